The minimum Gasteiger partial charge on any atom is -0.342 e. The maximum absolute atomic E-state index is 12.7. The van der Waals surface area contributed by atoms with Crippen LogP contribution in [0.5, 0.6) is 0 Å². The van der Waals surface area contributed by atoms with E-state index in [4.69, 9.17) is 0 Å². The van der Waals surface area contributed by atoms with E-state index in [9.17, 15) is 9.59 Å². The van der Waals surface area contributed by atoms with Gasteiger partial charge >= 0.3 is 0 Å². The highest BCUT2D eigenvalue weighted by Gasteiger charge is 2.42. The summed E-state index contributed by atoms with van der Waals surface area (Å²) >= 11 is 0. The zero-order valence-electron chi connectivity index (χ0n) is 13.4. The van der Waals surface area contributed by atoms with Crippen LogP contribution in [0.25, 0.3) is 0 Å². The average Bonchev–Trinajstić information content (AvgIpc) is 2.89. The van der Waals surface area contributed by atoms with Gasteiger partial charge in [-0.2, -0.15) is 0 Å². The number of amides is 2. The molecule has 1 aliphatic heterocycles. The Hall–Kier alpha value is -1.10. The van der Waals surface area contributed by atoms with Crippen LogP contribution in [0, 0.1) is 5.41 Å². The summed E-state index contributed by atoms with van der Waals surface area (Å²) in [6, 6.07) is 0. The minimum atomic E-state index is -0.299. The summed E-state index contributed by atoms with van der Waals surface area (Å²) in [5, 5.41) is 3.29. The number of hydrogen-bond donors (Lipinski definition) is 1. The van der Waals surface area contributed by atoms with Gasteiger partial charge in [0, 0.05) is 26.7 Å². The molecule has 0 saturated carbocycles. The molecule has 0 radical (unpaired) electrons. The molecule has 116 valence electrons. The van der Waals surface area contributed by atoms with Gasteiger partial charge in [0.15, 0.2) is 0 Å². The molecule has 0 aromatic carbocycles. The predicted molar refractivity (Wildman–Crippen MR) is 80.4 cm³/mol. The first-order valence-corrected chi connectivity index (χ1v) is 7.74. The summed E-state index contributed by atoms with van der Waals surface area (Å²) in [7, 11) is 1.75. The van der Waals surface area contributed by atoms with Crippen LogP contribution in [0.15, 0.2) is 0 Å². The third-order valence-electron chi connectivity index (χ3n) is 4.26. The molecule has 1 saturated heterocycles. The first kappa shape index (κ1) is 17.0. The molecule has 5 heteroatoms. The largest absolute Gasteiger partial charge is 0.342 e. The van der Waals surface area contributed by atoms with E-state index < -0.39 is 0 Å². The molecule has 20 heavy (non-hydrogen) atoms. The first-order valence-electron chi connectivity index (χ1n) is 7.74. The second-order valence-corrected chi connectivity index (χ2v) is 5.68. The van der Waals surface area contributed by atoms with Gasteiger partial charge in [0.25, 0.3) is 0 Å². The van der Waals surface area contributed by atoms with Gasteiger partial charge in [-0.3, -0.25) is 9.59 Å². The number of carbonyl (C=O) groups excluding carboxylic acids is 2. The van der Waals surface area contributed by atoms with Crippen molar-refractivity contribution in [1.29, 1.82) is 0 Å². The Morgan fingerprint density at radius 2 is 1.85 bits per heavy atom. The SMILES string of the molecule is CCCC1(C(=O)N(C)CC(=O)N(CC)CC)CCNC1. The third-order valence-corrected chi connectivity index (χ3v) is 4.26. The van der Waals surface area contributed by atoms with Crippen LogP contribution in [-0.4, -0.2) is 61.4 Å². The van der Waals surface area contributed by atoms with Gasteiger partial charge in [-0.1, -0.05) is 13.3 Å². The zero-order chi connectivity index (χ0) is 15.2. The Labute approximate surface area is 122 Å². The van der Waals surface area contributed by atoms with Crippen LogP contribution < -0.4 is 5.32 Å². The van der Waals surface area contributed by atoms with Gasteiger partial charge in [0.2, 0.25) is 11.8 Å². The lowest BCUT2D eigenvalue weighted by molar-refractivity contribution is -0.145. The van der Waals surface area contributed by atoms with Crippen molar-refractivity contribution < 1.29 is 9.59 Å². The Balaban J connectivity index is 2.68. The van der Waals surface area contributed by atoms with Crippen LogP contribution in [0.4, 0.5) is 0 Å². The second-order valence-electron chi connectivity index (χ2n) is 5.68. The number of likely N-dealkylation sites (N-methyl/N-ethyl adjacent to an activating group) is 2. The number of nitrogens with zero attached hydrogens (tertiary/aromatic N) is 2. The van der Waals surface area contributed by atoms with Crippen LogP contribution in [0.1, 0.15) is 40.0 Å². The highest BCUT2D eigenvalue weighted by atomic mass is 16.2. The Morgan fingerprint density at radius 1 is 1.20 bits per heavy atom. The highest BCUT2D eigenvalue weighted by Crippen LogP contribution is 2.33. The topological polar surface area (TPSA) is 52.7 Å². The molecule has 0 aromatic heterocycles. The van der Waals surface area contributed by atoms with E-state index in [1.54, 1.807) is 16.8 Å². The average molecular weight is 283 g/mol. The number of rotatable bonds is 7. The zero-order valence-corrected chi connectivity index (χ0v) is 13.4. The smallest absolute Gasteiger partial charge is 0.242 e. The van der Waals surface area contributed by atoms with Gasteiger partial charge in [0.05, 0.1) is 12.0 Å². The minimum absolute atomic E-state index is 0.0310. The van der Waals surface area contributed by atoms with Crippen molar-refractivity contribution in [2.45, 2.75) is 40.0 Å². The van der Waals surface area contributed by atoms with E-state index in [1.807, 2.05) is 13.8 Å². The fourth-order valence-electron chi connectivity index (χ4n) is 3.08. The lowest BCUT2D eigenvalue weighted by Gasteiger charge is -2.32. The molecule has 1 atom stereocenters. The van der Waals surface area contributed by atoms with Crippen LogP contribution in [0.3, 0.4) is 0 Å². The summed E-state index contributed by atoms with van der Waals surface area (Å²) in [6.45, 7) is 9.23. The first-order chi connectivity index (χ1) is 9.50. The molecule has 2 amide bonds. The molecule has 1 N–H and O–H groups in total. The number of carbonyl (C=O) groups is 2. The van der Waals surface area contributed by atoms with Crippen LogP contribution in [-0.2, 0) is 9.59 Å². The van der Waals surface area contributed by atoms with Crippen molar-refractivity contribution >= 4 is 11.8 Å². The highest BCUT2D eigenvalue weighted by molar-refractivity contribution is 5.88. The quantitative estimate of drug-likeness (QED) is 0.761. The standard InChI is InChI=1S/C15H29N3O2/c1-5-8-15(9-10-16-12-15)14(20)17(4)11-13(19)18(6-2)7-3/h16H,5-12H2,1-4H3. The van der Waals surface area contributed by atoms with E-state index in [2.05, 4.69) is 12.2 Å². The monoisotopic (exact) mass is 283 g/mol. The fourth-order valence-corrected chi connectivity index (χ4v) is 3.08. The van der Waals surface area contributed by atoms with Gasteiger partial charge in [-0.25, -0.2) is 0 Å². The Kier molecular flexibility index (Phi) is 6.46. The molecule has 1 fully saturated rings. The maximum atomic E-state index is 12.7. The van der Waals surface area contributed by atoms with E-state index in [1.165, 1.54) is 0 Å². The van der Waals surface area contributed by atoms with Crippen molar-refractivity contribution in [2.75, 3.05) is 39.8 Å². The molecule has 1 heterocycles. The normalized spacial score (nSPS) is 21.8. The molecular weight excluding hydrogens is 254 g/mol. The molecule has 0 aromatic rings. The molecule has 1 rings (SSSR count). The molecule has 0 aliphatic carbocycles. The van der Waals surface area contributed by atoms with Crippen molar-refractivity contribution in [3.8, 4) is 0 Å². The predicted octanol–water partition coefficient (Wildman–Crippen LogP) is 1.09. The van der Waals surface area contributed by atoms with E-state index in [0.717, 1.165) is 32.4 Å². The fraction of sp³-hybridized carbons (Fsp3) is 0.867. The molecule has 0 spiro atoms. The summed E-state index contributed by atoms with van der Waals surface area (Å²) in [5.74, 6) is 0.147. The van der Waals surface area contributed by atoms with Crippen LogP contribution in [0.2, 0.25) is 0 Å². The van der Waals surface area contributed by atoms with E-state index in [-0.39, 0.29) is 23.8 Å². The summed E-state index contributed by atoms with van der Waals surface area (Å²) in [4.78, 5) is 28.2. The van der Waals surface area contributed by atoms with Gasteiger partial charge in [-0.15, -0.1) is 0 Å². The molecular formula is C15H29N3O2. The number of hydrogen-bond acceptors (Lipinski definition) is 3. The molecule has 0 bridgehead atoms. The van der Waals surface area contributed by atoms with Gasteiger partial charge in [-0.05, 0) is 33.2 Å². The summed E-state index contributed by atoms with van der Waals surface area (Å²) < 4.78 is 0. The Bertz CT molecular complexity index is 334. The summed E-state index contributed by atoms with van der Waals surface area (Å²) in [6.07, 6.45) is 2.76. The van der Waals surface area contributed by atoms with Gasteiger partial charge in [0.1, 0.15) is 0 Å². The second kappa shape index (κ2) is 7.62. The van der Waals surface area contributed by atoms with Crippen molar-refractivity contribution in [3.63, 3.8) is 0 Å². The Morgan fingerprint density at radius 3 is 2.30 bits per heavy atom. The molecule has 5 nitrogen and oxygen atoms in total. The van der Waals surface area contributed by atoms with E-state index in [0.29, 0.717) is 13.1 Å². The van der Waals surface area contributed by atoms with Crippen molar-refractivity contribution in [1.82, 2.24) is 15.1 Å². The van der Waals surface area contributed by atoms with Gasteiger partial charge < -0.3 is 15.1 Å². The maximum Gasteiger partial charge on any atom is 0.242 e. The number of nitrogens with one attached hydrogen (secondary N) is 1. The third kappa shape index (κ3) is 3.72. The van der Waals surface area contributed by atoms with Crippen molar-refractivity contribution in [3.05, 3.63) is 0 Å². The lowest BCUT2D eigenvalue weighted by Crippen LogP contribution is -2.48. The lowest BCUT2D eigenvalue weighted by atomic mass is 9.81. The molecule has 1 unspecified atom stereocenters. The van der Waals surface area contributed by atoms with E-state index >= 15 is 0 Å². The van der Waals surface area contributed by atoms with Crippen molar-refractivity contribution in [2.24, 2.45) is 5.41 Å². The van der Waals surface area contributed by atoms with Crippen LogP contribution >= 0.6 is 0 Å². The molecule has 1 aliphatic rings. The summed E-state index contributed by atoms with van der Waals surface area (Å²) in [5.41, 5.74) is -0.299.